The summed E-state index contributed by atoms with van der Waals surface area (Å²) in [5.74, 6) is 0. The number of nitrogens with zero attached hydrogens (tertiary/aromatic N) is 3. The van der Waals surface area contributed by atoms with E-state index in [0.717, 1.165) is 13.7 Å². The zero-order valence-electron chi connectivity index (χ0n) is 11.2. The first-order chi connectivity index (χ1) is 9.51. The molecule has 0 aliphatic carbocycles. The summed E-state index contributed by atoms with van der Waals surface area (Å²) in [4.78, 5) is 36.6. The zero-order valence-corrected chi connectivity index (χ0v) is 11.9. The monoisotopic (exact) mass is 295 g/mol. The molecule has 1 aromatic carbocycles. The Morgan fingerprint density at radius 2 is 1.50 bits per heavy atom. The number of hydrogen-bond acceptors (Lipinski definition) is 3. The van der Waals surface area contributed by atoms with E-state index in [-0.39, 0.29) is 13.1 Å². The fourth-order valence-electron chi connectivity index (χ4n) is 2.01. The van der Waals surface area contributed by atoms with Crippen molar-refractivity contribution in [1.82, 2.24) is 13.7 Å². The largest absolute Gasteiger partial charge is 0.340 e. The molecule has 1 aromatic heterocycles. The lowest BCUT2D eigenvalue weighted by Gasteiger charge is -2.11. The Morgan fingerprint density at radius 1 is 0.950 bits per heavy atom. The van der Waals surface area contributed by atoms with Crippen molar-refractivity contribution < 1.29 is 0 Å². The van der Waals surface area contributed by atoms with Crippen LogP contribution in [0.25, 0.3) is 5.69 Å². The Bertz CT molecular complexity index is 775. The molecule has 0 radical (unpaired) electrons. The number of benzene rings is 1. The number of rotatable bonds is 3. The number of hydrogen-bond donors (Lipinski definition) is 0. The van der Waals surface area contributed by atoms with Crippen molar-refractivity contribution in [1.29, 1.82) is 0 Å². The van der Waals surface area contributed by atoms with Gasteiger partial charge in [-0.2, -0.15) is 0 Å². The predicted molar refractivity (Wildman–Crippen MR) is 76.9 cm³/mol. The molecule has 0 spiro atoms. The maximum atomic E-state index is 12.3. The Hall–Kier alpha value is -2.08. The van der Waals surface area contributed by atoms with Gasteiger partial charge in [-0.15, -0.1) is 0 Å². The van der Waals surface area contributed by atoms with Crippen molar-refractivity contribution in [3.63, 3.8) is 0 Å². The van der Waals surface area contributed by atoms with Gasteiger partial charge < -0.3 is 0 Å². The summed E-state index contributed by atoms with van der Waals surface area (Å²) in [6, 6.07) is 6.39. The van der Waals surface area contributed by atoms with Crippen LogP contribution in [0.5, 0.6) is 0 Å². The molecule has 0 atom stereocenters. The van der Waals surface area contributed by atoms with Gasteiger partial charge in [-0.3, -0.25) is 0 Å². The first kappa shape index (κ1) is 14.3. The van der Waals surface area contributed by atoms with Crippen molar-refractivity contribution in [2.75, 3.05) is 0 Å². The van der Waals surface area contributed by atoms with Gasteiger partial charge >= 0.3 is 17.1 Å². The summed E-state index contributed by atoms with van der Waals surface area (Å²) in [5, 5.41) is 0.408. The maximum Gasteiger partial charge on any atom is 0.340 e. The molecule has 6 nitrogen and oxygen atoms in total. The highest BCUT2D eigenvalue weighted by molar-refractivity contribution is 6.30. The predicted octanol–water partition coefficient (Wildman–Crippen LogP) is 0.854. The van der Waals surface area contributed by atoms with Crippen molar-refractivity contribution in [3.8, 4) is 5.69 Å². The molecule has 2 aromatic rings. The SMILES string of the molecule is CCn1c(=O)n(CC)c(=O)n(-c2cccc(Cl)c2)c1=O. The first-order valence-electron chi connectivity index (χ1n) is 6.23. The average Bonchev–Trinajstić information content (AvgIpc) is 2.39. The Kier molecular flexibility index (Phi) is 3.94. The van der Waals surface area contributed by atoms with E-state index in [1.807, 2.05) is 0 Å². The molecular formula is C13H14ClN3O3. The molecule has 0 aliphatic rings. The lowest BCUT2D eigenvalue weighted by molar-refractivity contribution is 0.513. The van der Waals surface area contributed by atoms with E-state index < -0.39 is 17.1 Å². The second-order valence-corrected chi connectivity index (χ2v) is 4.59. The van der Waals surface area contributed by atoms with Gasteiger partial charge in [0.2, 0.25) is 0 Å². The quantitative estimate of drug-likeness (QED) is 0.843. The van der Waals surface area contributed by atoms with Crippen LogP contribution in [0.4, 0.5) is 0 Å². The van der Waals surface area contributed by atoms with Gasteiger partial charge in [-0.05, 0) is 32.0 Å². The molecule has 0 bridgehead atoms. The minimum atomic E-state index is -0.658. The summed E-state index contributed by atoms with van der Waals surface area (Å²) in [6.45, 7) is 3.74. The molecule has 0 fully saturated rings. The molecule has 0 saturated heterocycles. The van der Waals surface area contributed by atoms with Crippen molar-refractivity contribution >= 4 is 11.6 Å². The molecule has 0 amide bonds. The number of halogens is 1. The lowest BCUT2D eigenvalue weighted by Crippen LogP contribution is -2.53. The van der Waals surface area contributed by atoms with Gasteiger partial charge in [-0.1, -0.05) is 17.7 Å². The van der Waals surface area contributed by atoms with E-state index >= 15 is 0 Å². The third kappa shape index (κ3) is 2.22. The van der Waals surface area contributed by atoms with Crippen molar-refractivity contribution in [2.45, 2.75) is 26.9 Å². The van der Waals surface area contributed by atoms with E-state index in [0.29, 0.717) is 10.7 Å². The van der Waals surface area contributed by atoms with Gasteiger partial charge in [0.25, 0.3) is 0 Å². The minimum Gasteiger partial charge on any atom is -0.247 e. The Morgan fingerprint density at radius 3 is 1.95 bits per heavy atom. The van der Waals surface area contributed by atoms with E-state index in [1.54, 1.807) is 32.0 Å². The second kappa shape index (κ2) is 5.50. The summed E-state index contributed by atoms with van der Waals surface area (Å²) in [6.07, 6.45) is 0. The minimum absolute atomic E-state index is 0.193. The highest BCUT2D eigenvalue weighted by Gasteiger charge is 2.14. The zero-order chi connectivity index (χ0) is 14.9. The van der Waals surface area contributed by atoms with Gasteiger partial charge in [0.15, 0.2) is 0 Å². The van der Waals surface area contributed by atoms with Crippen LogP contribution in [0.3, 0.4) is 0 Å². The van der Waals surface area contributed by atoms with Gasteiger partial charge in [0.05, 0.1) is 5.69 Å². The van der Waals surface area contributed by atoms with Crippen LogP contribution in [-0.4, -0.2) is 13.7 Å². The molecular weight excluding hydrogens is 282 g/mol. The summed E-state index contributed by atoms with van der Waals surface area (Å²) in [5.41, 5.74) is -1.57. The van der Waals surface area contributed by atoms with Gasteiger partial charge in [0.1, 0.15) is 0 Å². The van der Waals surface area contributed by atoms with Crippen LogP contribution in [0.15, 0.2) is 38.6 Å². The molecule has 0 N–H and O–H groups in total. The van der Waals surface area contributed by atoms with Crippen LogP contribution in [0.2, 0.25) is 5.02 Å². The highest BCUT2D eigenvalue weighted by atomic mass is 35.5. The maximum absolute atomic E-state index is 12.3. The summed E-state index contributed by atoms with van der Waals surface area (Å²) < 4.78 is 3.00. The lowest BCUT2D eigenvalue weighted by atomic mass is 10.3. The van der Waals surface area contributed by atoms with E-state index in [1.165, 1.54) is 6.07 Å². The van der Waals surface area contributed by atoms with E-state index in [9.17, 15) is 14.4 Å². The first-order valence-corrected chi connectivity index (χ1v) is 6.61. The fourth-order valence-corrected chi connectivity index (χ4v) is 2.19. The molecule has 106 valence electrons. The molecule has 20 heavy (non-hydrogen) atoms. The third-order valence-electron chi connectivity index (χ3n) is 3.01. The molecule has 0 aliphatic heterocycles. The van der Waals surface area contributed by atoms with Crippen LogP contribution < -0.4 is 17.1 Å². The molecule has 0 saturated carbocycles. The van der Waals surface area contributed by atoms with Crippen LogP contribution in [-0.2, 0) is 13.1 Å². The summed E-state index contributed by atoms with van der Waals surface area (Å²) >= 11 is 5.89. The third-order valence-corrected chi connectivity index (χ3v) is 3.24. The Labute approximate surface area is 119 Å². The normalized spacial score (nSPS) is 10.8. The van der Waals surface area contributed by atoms with Crippen molar-refractivity contribution in [2.24, 2.45) is 0 Å². The summed E-state index contributed by atoms with van der Waals surface area (Å²) in [7, 11) is 0. The van der Waals surface area contributed by atoms with E-state index in [4.69, 9.17) is 11.6 Å². The van der Waals surface area contributed by atoms with Gasteiger partial charge in [-0.25, -0.2) is 28.1 Å². The van der Waals surface area contributed by atoms with E-state index in [2.05, 4.69) is 0 Å². The highest BCUT2D eigenvalue weighted by Crippen LogP contribution is 2.11. The second-order valence-electron chi connectivity index (χ2n) is 4.15. The fraction of sp³-hybridized carbons (Fsp3) is 0.308. The molecule has 2 rings (SSSR count). The number of aromatic nitrogens is 3. The van der Waals surface area contributed by atoms with Crippen LogP contribution in [0, 0.1) is 0 Å². The smallest absolute Gasteiger partial charge is 0.247 e. The van der Waals surface area contributed by atoms with Crippen LogP contribution >= 0.6 is 11.6 Å². The average molecular weight is 296 g/mol. The molecule has 1 heterocycles. The molecule has 7 heteroatoms. The van der Waals surface area contributed by atoms with Crippen LogP contribution in [0.1, 0.15) is 13.8 Å². The Balaban J connectivity index is 2.94. The van der Waals surface area contributed by atoms with Crippen molar-refractivity contribution in [3.05, 3.63) is 60.7 Å². The van der Waals surface area contributed by atoms with Gasteiger partial charge in [0, 0.05) is 18.1 Å². The standard InChI is InChI=1S/C13H14ClN3O3/c1-3-15-11(18)16(4-2)13(20)17(12(15)19)10-7-5-6-9(14)8-10/h5-8H,3-4H2,1-2H3. The topological polar surface area (TPSA) is 66.0 Å². The molecule has 0 unspecified atom stereocenters.